The monoisotopic (exact) mass is 590 g/mol. The summed E-state index contributed by atoms with van der Waals surface area (Å²) in [6.07, 6.45) is -0.449. The summed E-state index contributed by atoms with van der Waals surface area (Å²) in [7, 11) is 0. The molecule has 4 rings (SSSR count). The van der Waals surface area contributed by atoms with E-state index >= 15 is 0 Å². The van der Waals surface area contributed by atoms with E-state index in [2.05, 4.69) is 6.58 Å². The van der Waals surface area contributed by atoms with Crippen molar-refractivity contribution in [3.05, 3.63) is 24.3 Å². The van der Waals surface area contributed by atoms with Crippen molar-refractivity contribution in [1.29, 1.82) is 0 Å². The minimum atomic E-state index is -1.64. The molecule has 42 heavy (non-hydrogen) atoms. The molecule has 0 amide bonds. The lowest BCUT2D eigenvalue weighted by molar-refractivity contribution is -0.246. The first-order chi connectivity index (χ1) is 19.5. The summed E-state index contributed by atoms with van der Waals surface area (Å²) in [4.78, 5) is 63.9. The van der Waals surface area contributed by atoms with Gasteiger partial charge in [-0.05, 0) is 32.3 Å². The first-order valence-corrected chi connectivity index (χ1v) is 14.4. The summed E-state index contributed by atoms with van der Waals surface area (Å²) in [5.41, 5.74) is -3.52. The molecule has 3 fully saturated rings. The molecule has 0 radical (unpaired) electrons. The van der Waals surface area contributed by atoms with Crippen LogP contribution in [0.15, 0.2) is 24.3 Å². The summed E-state index contributed by atoms with van der Waals surface area (Å²) in [6, 6.07) is 0. The Morgan fingerprint density at radius 2 is 1.52 bits per heavy atom. The van der Waals surface area contributed by atoms with Crippen molar-refractivity contribution in [1.82, 2.24) is 0 Å². The van der Waals surface area contributed by atoms with Crippen molar-refractivity contribution in [2.24, 2.45) is 29.1 Å². The zero-order chi connectivity index (χ0) is 31.4. The number of fused-ring (bicyclic) bond motifs is 1. The van der Waals surface area contributed by atoms with Gasteiger partial charge in [0.2, 0.25) is 0 Å². The van der Waals surface area contributed by atoms with Crippen LogP contribution in [-0.4, -0.2) is 72.1 Å². The minimum Gasteiger partial charge on any atom is -0.461 e. The van der Waals surface area contributed by atoms with Crippen LogP contribution in [0.1, 0.15) is 68.2 Å². The molecule has 1 aliphatic heterocycles. The van der Waals surface area contributed by atoms with Gasteiger partial charge in [-0.2, -0.15) is 0 Å². The predicted octanol–water partition coefficient (Wildman–Crippen LogP) is 3.23. The number of carbonyl (C=O) groups is 5. The Morgan fingerprint density at radius 3 is 2.05 bits per heavy atom. The lowest BCUT2D eigenvalue weighted by Crippen LogP contribution is -2.64. The van der Waals surface area contributed by atoms with Crippen molar-refractivity contribution in [3.63, 3.8) is 0 Å². The lowest BCUT2D eigenvalue weighted by atomic mass is 9.55. The molecule has 0 aromatic rings. The van der Waals surface area contributed by atoms with Gasteiger partial charge in [-0.3, -0.25) is 24.0 Å². The van der Waals surface area contributed by atoms with Crippen molar-refractivity contribution in [2.45, 2.75) is 104 Å². The van der Waals surface area contributed by atoms with Gasteiger partial charge in [0.05, 0.1) is 17.9 Å². The molecule has 0 spiro atoms. The van der Waals surface area contributed by atoms with E-state index in [0.29, 0.717) is 0 Å². The van der Waals surface area contributed by atoms with Crippen LogP contribution in [-0.2, 0) is 52.4 Å². The third-order valence-electron chi connectivity index (χ3n) is 9.48. The number of ether oxygens (including phenoxy) is 6. The Labute approximate surface area is 246 Å². The Morgan fingerprint density at radius 1 is 0.905 bits per heavy atom. The number of allylic oxidation sites excluding steroid dienone is 2. The Hall–Kier alpha value is -3.21. The van der Waals surface area contributed by atoms with Gasteiger partial charge in [0.1, 0.15) is 23.9 Å². The molecular weight excluding hydrogens is 548 g/mol. The fourth-order valence-corrected chi connectivity index (χ4v) is 8.41. The van der Waals surface area contributed by atoms with E-state index in [1.807, 2.05) is 19.9 Å². The van der Waals surface area contributed by atoms with Crippen LogP contribution in [0.4, 0.5) is 0 Å². The Balaban J connectivity index is 2.15. The summed E-state index contributed by atoms with van der Waals surface area (Å²) >= 11 is 0. The van der Waals surface area contributed by atoms with E-state index in [9.17, 15) is 24.0 Å². The molecule has 0 aromatic carbocycles. The fraction of sp³-hybridized carbons (Fsp3) is 0.710. The van der Waals surface area contributed by atoms with E-state index in [-0.39, 0.29) is 19.4 Å². The van der Waals surface area contributed by atoms with Gasteiger partial charge in [-0.15, -0.1) is 0 Å². The number of rotatable bonds is 7. The number of carbonyl (C=O) groups excluding carboxylic acids is 5. The SMILES string of the molecule is C=C(C)[C@H]1C=C[C@@H](OC(C)=O)[C@@]23CO[C@@](C)([C@H](OC(C)=O)[C@@]4(OC(C)=O)C[C@H](C)[C@H](OC(=O)CC)[C@@H]4[C@H]2OC(C)=O)[C@H]13. The van der Waals surface area contributed by atoms with Gasteiger partial charge in [0.25, 0.3) is 0 Å². The van der Waals surface area contributed by atoms with Gasteiger partial charge >= 0.3 is 29.8 Å². The maximum absolute atomic E-state index is 12.9. The minimum absolute atomic E-state index is 0.0641. The highest BCUT2D eigenvalue weighted by Gasteiger charge is 2.82. The zero-order valence-corrected chi connectivity index (χ0v) is 25.6. The standard InChI is InChI=1S/C31H42O11/c1-10-23(36)41-25-16(4)13-31(42-20(8)35)24(25)27(39-18(6)33)30-14-37-29(9,28(31)40-19(7)34)26(30)21(15(2)3)11-12-22(30)38-17(5)32/h11-12,16,21-22,24-28H,2,10,13-14H2,1,3-9H3/t16-,21+,22+,24+,25-,26-,27+,28-,29+,30+,31+/m0/s1. The smallest absolute Gasteiger partial charge is 0.305 e. The largest absolute Gasteiger partial charge is 0.461 e. The van der Waals surface area contributed by atoms with Crippen LogP contribution in [0.25, 0.3) is 0 Å². The molecule has 0 unspecified atom stereocenters. The van der Waals surface area contributed by atoms with Crippen molar-refractivity contribution >= 4 is 29.8 Å². The normalized spacial score (nSPS) is 41.4. The molecule has 2 bridgehead atoms. The van der Waals surface area contributed by atoms with E-state index in [0.717, 1.165) is 5.57 Å². The van der Waals surface area contributed by atoms with Crippen LogP contribution in [0.2, 0.25) is 0 Å². The second kappa shape index (κ2) is 11.1. The number of esters is 5. The molecule has 4 aliphatic rings. The highest BCUT2D eigenvalue weighted by molar-refractivity contribution is 5.71. The Kier molecular flexibility index (Phi) is 8.41. The van der Waals surface area contributed by atoms with Gasteiger partial charge in [0.15, 0.2) is 11.7 Å². The summed E-state index contributed by atoms with van der Waals surface area (Å²) in [5, 5.41) is 0. The van der Waals surface area contributed by atoms with Gasteiger partial charge in [-0.25, -0.2) is 0 Å². The average molecular weight is 591 g/mol. The quantitative estimate of drug-likeness (QED) is 0.245. The molecule has 232 valence electrons. The molecule has 11 atom stereocenters. The van der Waals surface area contributed by atoms with E-state index in [1.54, 1.807) is 19.9 Å². The summed E-state index contributed by atoms with van der Waals surface area (Å²) in [6.45, 7) is 16.3. The molecule has 1 saturated heterocycles. The van der Waals surface area contributed by atoms with Crippen LogP contribution in [0.3, 0.4) is 0 Å². The lowest BCUT2D eigenvalue weighted by Gasteiger charge is -2.51. The van der Waals surface area contributed by atoms with Crippen LogP contribution < -0.4 is 0 Å². The Bertz CT molecular complexity index is 1210. The average Bonchev–Trinajstić information content (AvgIpc) is 3.31. The van der Waals surface area contributed by atoms with Crippen LogP contribution in [0.5, 0.6) is 0 Å². The molecule has 0 aromatic heterocycles. The fourth-order valence-electron chi connectivity index (χ4n) is 8.41. The first kappa shape index (κ1) is 31.7. The number of hydrogen-bond donors (Lipinski definition) is 0. The second-order valence-electron chi connectivity index (χ2n) is 12.4. The molecule has 11 heteroatoms. The van der Waals surface area contributed by atoms with E-state index in [4.69, 9.17) is 28.4 Å². The third kappa shape index (κ3) is 4.83. The predicted molar refractivity (Wildman–Crippen MR) is 146 cm³/mol. The third-order valence-corrected chi connectivity index (χ3v) is 9.48. The second-order valence-corrected chi connectivity index (χ2v) is 12.4. The topological polar surface area (TPSA) is 141 Å². The van der Waals surface area contributed by atoms with E-state index < -0.39 is 94.6 Å². The molecular formula is C31H42O11. The van der Waals surface area contributed by atoms with Gasteiger partial charge in [-0.1, -0.05) is 32.1 Å². The van der Waals surface area contributed by atoms with Crippen LogP contribution >= 0.6 is 0 Å². The van der Waals surface area contributed by atoms with Gasteiger partial charge in [0, 0.05) is 46.0 Å². The van der Waals surface area contributed by atoms with Crippen molar-refractivity contribution < 1.29 is 52.4 Å². The highest BCUT2D eigenvalue weighted by Crippen LogP contribution is 2.68. The molecule has 1 heterocycles. The van der Waals surface area contributed by atoms with E-state index in [1.165, 1.54) is 27.7 Å². The molecule has 3 aliphatic carbocycles. The van der Waals surface area contributed by atoms with Crippen molar-refractivity contribution in [3.8, 4) is 0 Å². The van der Waals surface area contributed by atoms with Crippen molar-refractivity contribution in [2.75, 3.05) is 6.61 Å². The van der Waals surface area contributed by atoms with Gasteiger partial charge < -0.3 is 28.4 Å². The summed E-state index contributed by atoms with van der Waals surface area (Å²) < 4.78 is 37.1. The summed E-state index contributed by atoms with van der Waals surface area (Å²) in [5.74, 6) is -5.48. The van der Waals surface area contributed by atoms with Crippen LogP contribution in [0, 0.1) is 29.1 Å². The maximum atomic E-state index is 12.9. The highest BCUT2D eigenvalue weighted by atomic mass is 16.6. The molecule has 0 N–H and O–H groups in total. The maximum Gasteiger partial charge on any atom is 0.305 e. The molecule has 11 nitrogen and oxygen atoms in total. The zero-order valence-electron chi connectivity index (χ0n) is 25.6. The molecule has 2 saturated carbocycles. The first-order valence-electron chi connectivity index (χ1n) is 14.4. The number of hydrogen-bond acceptors (Lipinski definition) is 11.